The van der Waals surface area contributed by atoms with E-state index in [1.165, 1.54) is 14.2 Å². The van der Waals surface area contributed by atoms with Gasteiger partial charge >= 0.3 is 11.9 Å². The Bertz CT molecular complexity index is 265. The number of allylic oxidation sites excluding steroid dienone is 1. The van der Waals surface area contributed by atoms with Gasteiger partial charge in [-0.15, -0.1) is 6.58 Å². The maximum Gasteiger partial charge on any atom is 0.323 e. The average molecular weight is 242 g/mol. The highest BCUT2D eigenvalue weighted by molar-refractivity contribution is 6.00. The van der Waals surface area contributed by atoms with Crippen LogP contribution in [0.3, 0.4) is 0 Å². The minimum absolute atomic E-state index is 0.235. The summed E-state index contributed by atoms with van der Waals surface area (Å²) in [5.74, 6) is -0.705. The van der Waals surface area contributed by atoms with E-state index in [4.69, 9.17) is 9.47 Å². The Balaban J connectivity index is 5.15. The molecule has 0 radical (unpaired) electrons. The third-order valence-electron chi connectivity index (χ3n) is 2.79. The normalized spacial score (nSPS) is 11.1. The Labute approximate surface area is 103 Å². The molecule has 0 fully saturated rings. The summed E-state index contributed by atoms with van der Waals surface area (Å²) >= 11 is 0. The summed E-state index contributed by atoms with van der Waals surface area (Å²) in [4.78, 5) is 23.7. The van der Waals surface area contributed by atoms with Crippen molar-refractivity contribution >= 4 is 11.9 Å². The second-order valence-electron chi connectivity index (χ2n) is 4.49. The molecule has 0 rings (SSSR count). The van der Waals surface area contributed by atoms with Gasteiger partial charge in [0.05, 0.1) is 14.2 Å². The van der Waals surface area contributed by atoms with Crippen LogP contribution in [-0.2, 0) is 19.1 Å². The maximum atomic E-state index is 11.9. The maximum absolute atomic E-state index is 11.9. The molecule has 4 heteroatoms. The number of esters is 2. The molecule has 0 saturated heterocycles. The Hall–Kier alpha value is -1.32. The summed E-state index contributed by atoms with van der Waals surface area (Å²) in [5, 5.41) is 0. The van der Waals surface area contributed by atoms with Crippen LogP contribution in [0.25, 0.3) is 0 Å². The standard InChI is InChI=1S/C13H22O4/c1-6-8-13(11(14)16-4,12(15)17-5)9-7-10(2)3/h6,10H,1,7-9H2,2-5H3. The first-order valence-corrected chi connectivity index (χ1v) is 5.72. The molecular formula is C13H22O4. The summed E-state index contributed by atoms with van der Waals surface area (Å²) in [7, 11) is 2.55. The average Bonchev–Trinajstić information content (AvgIpc) is 2.32. The zero-order chi connectivity index (χ0) is 13.5. The number of hydrogen-bond donors (Lipinski definition) is 0. The molecule has 0 atom stereocenters. The van der Waals surface area contributed by atoms with Gasteiger partial charge in [0.15, 0.2) is 5.41 Å². The first kappa shape index (κ1) is 15.7. The minimum Gasteiger partial charge on any atom is -0.468 e. The van der Waals surface area contributed by atoms with Crippen LogP contribution in [0.1, 0.15) is 33.1 Å². The van der Waals surface area contributed by atoms with Crippen molar-refractivity contribution in [1.29, 1.82) is 0 Å². The fourth-order valence-corrected chi connectivity index (χ4v) is 1.73. The highest BCUT2D eigenvalue weighted by atomic mass is 16.5. The van der Waals surface area contributed by atoms with Crippen LogP contribution < -0.4 is 0 Å². The molecule has 0 amide bonds. The third-order valence-corrected chi connectivity index (χ3v) is 2.79. The van der Waals surface area contributed by atoms with Crippen LogP contribution in [0.5, 0.6) is 0 Å². The molecule has 0 aliphatic heterocycles. The molecule has 0 heterocycles. The lowest BCUT2D eigenvalue weighted by atomic mass is 9.78. The highest BCUT2D eigenvalue weighted by Gasteiger charge is 2.46. The fraction of sp³-hybridized carbons (Fsp3) is 0.692. The van der Waals surface area contributed by atoms with Gasteiger partial charge in [-0.05, 0) is 25.2 Å². The van der Waals surface area contributed by atoms with Gasteiger partial charge in [-0.1, -0.05) is 19.9 Å². The predicted octanol–water partition coefficient (Wildman–Crippen LogP) is 2.33. The van der Waals surface area contributed by atoms with Crippen molar-refractivity contribution in [2.45, 2.75) is 33.1 Å². The Morgan fingerprint density at radius 3 is 2.00 bits per heavy atom. The molecule has 4 nitrogen and oxygen atoms in total. The van der Waals surface area contributed by atoms with Crippen LogP contribution in [-0.4, -0.2) is 26.2 Å². The number of carbonyl (C=O) groups excluding carboxylic acids is 2. The van der Waals surface area contributed by atoms with Gasteiger partial charge in [-0.25, -0.2) is 0 Å². The summed E-state index contributed by atoms with van der Waals surface area (Å²) in [5.41, 5.74) is -1.24. The van der Waals surface area contributed by atoms with Crippen LogP contribution >= 0.6 is 0 Å². The van der Waals surface area contributed by atoms with Crippen LogP contribution in [0.4, 0.5) is 0 Å². The molecular weight excluding hydrogens is 220 g/mol. The molecule has 0 unspecified atom stereocenters. The van der Waals surface area contributed by atoms with E-state index in [0.29, 0.717) is 12.3 Å². The predicted molar refractivity (Wildman–Crippen MR) is 65.4 cm³/mol. The molecule has 0 spiro atoms. The largest absolute Gasteiger partial charge is 0.468 e. The van der Waals surface area contributed by atoms with Crippen molar-refractivity contribution in [2.75, 3.05) is 14.2 Å². The van der Waals surface area contributed by atoms with Crippen molar-refractivity contribution in [3.63, 3.8) is 0 Å². The lowest BCUT2D eigenvalue weighted by Gasteiger charge is -2.27. The van der Waals surface area contributed by atoms with Crippen molar-refractivity contribution in [2.24, 2.45) is 11.3 Å². The van der Waals surface area contributed by atoms with Crippen LogP contribution in [0, 0.1) is 11.3 Å². The molecule has 17 heavy (non-hydrogen) atoms. The molecule has 98 valence electrons. The Morgan fingerprint density at radius 2 is 1.71 bits per heavy atom. The van der Waals surface area contributed by atoms with Crippen molar-refractivity contribution < 1.29 is 19.1 Å². The summed E-state index contributed by atoms with van der Waals surface area (Å²) in [6.07, 6.45) is 2.95. The van der Waals surface area contributed by atoms with E-state index >= 15 is 0 Å². The van der Waals surface area contributed by atoms with Crippen LogP contribution in [0.2, 0.25) is 0 Å². The number of ether oxygens (including phenoxy) is 2. The van der Waals surface area contributed by atoms with E-state index in [0.717, 1.165) is 6.42 Å². The zero-order valence-corrected chi connectivity index (χ0v) is 11.1. The minimum atomic E-state index is -1.24. The van der Waals surface area contributed by atoms with Gasteiger partial charge in [0.1, 0.15) is 0 Å². The van der Waals surface area contributed by atoms with Crippen molar-refractivity contribution in [3.05, 3.63) is 12.7 Å². The van der Waals surface area contributed by atoms with Gasteiger partial charge in [-0.2, -0.15) is 0 Å². The topological polar surface area (TPSA) is 52.6 Å². The van der Waals surface area contributed by atoms with Gasteiger partial charge in [0.25, 0.3) is 0 Å². The third kappa shape index (κ3) is 3.88. The highest BCUT2D eigenvalue weighted by Crippen LogP contribution is 2.33. The van der Waals surface area contributed by atoms with Gasteiger partial charge < -0.3 is 9.47 Å². The monoisotopic (exact) mass is 242 g/mol. The number of hydrogen-bond acceptors (Lipinski definition) is 4. The van der Waals surface area contributed by atoms with Crippen molar-refractivity contribution in [3.8, 4) is 0 Å². The van der Waals surface area contributed by atoms with E-state index in [1.54, 1.807) is 6.08 Å². The first-order chi connectivity index (χ1) is 7.94. The lowest BCUT2D eigenvalue weighted by Crippen LogP contribution is -2.41. The smallest absolute Gasteiger partial charge is 0.323 e. The molecule has 0 aliphatic rings. The number of carbonyl (C=O) groups is 2. The zero-order valence-electron chi connectivity index (χ0n) is 11.1. The molecule has 0 aromatic rings. The first-order valence-electron chi connectivity index (χ1n) is 5.72. The number of rotatable bonds is 7. The van der Waals surface area contributed by atoms with E-state index in [2.05, 4.69) is 6.58 Å². The van der Waals surface area contributed by atoms with Gasteiger partial charge in [0.2, 0.25) is 0 Å². The fourth-order valence-electron chi connectivity index (χ4n) is 1.73. The second kappa shape index (κ2) is 7.09. The summed E-state index contributed by atoms with van der Waals surface area (Å²) in [6, 6.07) is 0. The van der Waals surface area contributed by atoms with E-state index in [-0.39, 0.29) is 6.42 Å². The van der Waals surface area contributed by atoms with E-state index in [1.807, 2.05) is 13.8 Å². The summed E-state index contributed by atoms with van der Waals surface area (Å²) in [6.45, 7) is 7.66. The van der Waals surface area contributed by atoms with Gasteiger partial charge in [0, 0.05) is 0 Å². The molecule has 0 aromatic carbocycles. The Kier molecular flexibility index (Phi) is 6.54. The van der Waals surface area contributed by atoms with E-state index < -0.39 is 17.4 Å². The van der Waals surface area contributed by atoms with Crippen molar-refractivity contribution in [1.82, 2.24) is 0 Å². The number of methoxy groups -OCH3 is 2. The molecule has 0 aliphatic carbocycles. The molecule has 0 bridgehead atoms. The quantitative estimate of drug-likeness (QED) is 0.390. The molecule has 0 N–H and O–H groups in total. The van der Waals surface area contributed by atoms with Crippen LogP contribution in [0.15, 0.2) is 12.7 Å². The van der Waals surface area contributed by atoms with E-state index in [9.17, 15) is 9.59 Å². The Morgan fingerprint density at radius 1 is 1.24 bits per heavy atom. The lowest BCUT2D eigenvalue weighted by molar-refractivity contribution is -0.169. The second-order valence-corrected chi connectivity index (χ2v) is 4.49. The molecule has 0 saturated carbocycles. The molecule has 0 aromatic heterocycles. The van der Waals surface area contributed by atoms with Gasteiger partial charge in [-0.3, -0.25) is 9.59 Å². The summed E-state index contributed by atoms with van der Waals surface area (Å²) < 4.78 is 9.47. The SMILES string of the molecule is C=CCC(CCC(C)C)(C(=O)OC)C(=O)OC.